The number of hydrogen-bond donors (Lipinski definition) is 0. The number of thioether (sulfide) groups is 1. The van der Waals surface area contributed by atoms with Crippen LogP contribution in [-0.2, 0) is 20.8 Å². The number of amides is 1. The van der Waals surface area contributed by atoms with Gasteiger partial charge in [0.1, 0.15) is 0 Å². The fourth-order valence-corrected chi connectivity index (χ4v) is 7.41. The van der Waals surface area contributed by atoms with Crippen LogP contribution in [0.5, 0.6) is 0 Å². The second kappa shape index (κ2) is 6.38. The van der Waals surface area contributed by atoms with Crippen molar-refractivity contribution in [3.8, 4) is 0 Å². The molecule has 1 aromatic rings. The van der Waals surface area contributed by atoms with Crippen LogP contribution in [0.2, 0.25) is 5.02 Å². The van der Waals surface area contributed by atoms with Gasteiger partial charge in [0.2, 0.25) is 0 Å². The molecule has 0 N–H and O–H groups in total. The second-order valence-corrected chi connectivity index (χ2v) is 10.6. The van der Waals surface area contributed by atoms with Crippen molar-refractivity contribution in [3.05, 3.63) is 28.8 Å². The average Bonchev–Trinajstić information content (AvgIpc) is 3.28. The van der Waals surface area contributed by atoms with Gasteiger partial charge >= 0.3 is 6.18 Å². The van der Waals surface area contributed by atoms with Crippen LogP contribution in [0.15, 0.2) is 23.2 Å². The molecule has 2 aliphatic heterocycles. The highest BCUT2D eigenvalue weighted by atomic mass is 35.5. The number of anilines is 1. The minimum Gasteiger partial charge on any atom is -0.316 e. The molecule has 3 fully saturated rings. The lowest BCUT2D eigenvalue weighted by Gasteiger charge is -2.25. The normalized spacial score (nSPS) is 28.6. The molecule has 1 amide bonds. The lowest BCUT2D eigenvalue weighted by atomic mass is 10.1. The Morgan fingerprint density at radius 3 is 2.59 bits per heavy atom. The Hall–Kier alpha value is -1.26. The van der Waals surface area contributed by atoms with Crippen molar-refractivity contribution in [1.29, 1.82) is 0 Å². The maximum absolute atomic E-state index is 13.2. The van der Waals surface area contributed by atoms with Gasteiger partial charge in [-0.15, -0.1) is 0 Å². The molecule has 0 bridgehead atoms. The largest absolute Gasteiger partial charge is 0.417 e. The quantitative estimate of drug-likeness (QED) is 0.708. The van der Waals surface area contributed by atoms with Gasteiger partial charge in [0, 0.05) is 16.9 Å². The monoisotopic (exact) mass is 438 g/mol. The lowest BCUT2D eigenvalue weighted by Crippen LogP contribution is -2.38. The fourth-order valence-electron chi connectivity index (χ4n) is 3.26. The van der Waals surface area contributed by atoms with Crippen LogP contribution in [0.25, 0.3) is 0 Å². The highest BCUT2D eigenvalue weighted by Gasteiger charge is 2.50. The van der Waals surface area contributed by atoms with Gasteiger partial charge < -0.3 is 4.90 Å². The summed E-state index contributed by atoms with van der Waals surface area (Å²) in [5.74, 6) is -0.726. The summed E-state index contributed by atoms with van der Waals surface area (Å²) in [6.45, 7) is 0. The van der Waals surface area contributed by atoms with E-state index in [0.717, 1.165) is 36.7 Å². The number of hydrogen-bond acceptors (Lipinski definition) is 4. The SMILES string of the molecule is O=C(N=C1S[C@@H]2CS(=O)(=O)C[C@@H]2N1c1ccc(Cl)c(C(F)(F)F)c1)C1CC1. The predicted molar refractivity (Wildman–Crippen MR) is 97.9 cm³/mol. The molecule has 11 heteroatoms. The van der Waals surface area contributed by atoms with Crippen LogP contribution < -0.4 is 4.90 Å². The molecule has 2 atom stereocenters. The molecule has 2 heterocycles. The summed E-state index contributed by atoms with van der Waals surface area (Å²) in [4.78, 5) is 17.7. The van der Waals surface area contributed by atoms with Crippen LogP contribution in [0.3, 0.4) is 0 Å². The first-order valence-electron chi connectivity index (χ1n) is 8.21. The Morgan fingerprint density at radius 1 is 1.26 bits per heavy atom. The number of nitrogens with zero attached hydrogens (tertiary/aromatic N) is 2. The summed E-state index contributed by atoms with van der Waals surface area (Å²) in [6.07, 6.45) is -3.15. The minimum atomic E-state index is -4.65. The molecule has 3 aliphatic rings. The van der Waals surface area contributed by atoms with E-state index in [2.05, 4.69) is 4.99 Å². The molecule has 1 aliphatic carbocycles. The van der Waals surface area contributed by atoms with Gasteiger partial charge in [-0.25, -0.2) is 8.42 Å². The number of carbonyl (C=O) groups is 1. The van der Waals surface area contributed by atoms with E-state index in [1.165, 1.54) is 11.0 Å². The molecule has 5 nitrogen and oxygen atoms in total. The third-order valence-electron chi connectivity index (χ3n) is 4.73. The van der Waals surface area contributed by atoms with Crippen LogP contribution in [0, 0.1) is 5.92 Å². The first-order chi connectivity index (χ1) is 12.5. The van der Waals surface area contributed by atoms with Crippen molar-refractivity contribution >= 4 is 50.0 Å². The Bertz CT molecular complexity index is 945. The van der Waals surface area contributed by atoms with Crippen molar-refractivity contribution in [2.45, 2.75) is 30.3 Å². The first-order valence-corrected chi connectivity index (χ1v) is 11.3. The second-order valence-electron chi connectivity index (χ2n) is 6.84. The van der Waals surface area contributed by atoms with E-state index in [0.29, 0.717) is 0 Å². The van der Waals surface area contributed by atoms with E-state index in [1.807, 2.05) is 0 Å². The molecular weight excluding hydrogens is 425 g/mol. The number of sulfone groups is 1. The first kappa shape index (κ1) is 19.1. The Morgan fingerprint density at radius 2 is 1.96 bits per heavy atom. The lowest BCUT2D eigenvalue weighted by molar-refractivity contribution is -0.137. The fraction of sp³-hybridized carbons (Fsp3) is 0.500. The molecule has 1 aromatic carbocycles. The number of benzene rings is 1. The van der Waals surface area contributed by atoms with E-state index in [4.69, 9.17) is 11.6 Å². The van der Waals surface area contributed by atoms with Crippen molar-refractivity contribution in [1.82, 2.24) is 0 Å². The Labute approximate surface area is 162 Å². The van der Waals surface area contributed by atoms with E-state index >= 15 is 0 Å². The van der Waals surface area contributed by atoms with Gasteiger partial charge in [0.15, 0.2) is 15.0 Å². The summed E-state index contributed by atoms with van der Waals surface area (Å²) >= 11 is 6.83. The molecule has 146 valence electrons. The van der Waals surface area contributed by atoms with Crippen molar-refractivity contribution in [2.75, 3.05) is 16.4 Å². The maximum Gasteiger partial charge on any atom is 0.417 e. The van der Waals surface area contributed by atoms with Crippen LogP contribution in [-0.4, -0.2) is 42.3 Å². The number of aliphatic imine (C=N–C) groups is 1. The van der Waals surface area contributed by atoms with Gasteiger partial charge in [0.05, 0.1) is 28.1 Å². The third kappa shape index (κ3) is 3.71. The van der Waals surface area contributed by atoms with E-state index in [9.17, 15) is 26.4 Å². The summed E-state index contributed by atoms with van der Waals surface area (Å²) < 4.78 is 63.7. The molecule has 4 rings (SSSR count). The average molecular weight is 439 g/mol. The van der Waals surface area contributed by atoms with Crippen LogP contribution in [0.4, 0.5) is 18.9 Å². The van der Waals surface area contributed by atoms with Gasteiger partial charge in [-0.3, -0.25) is 4.79 Å². The van der Waals surface area contributed by atoms with Crippen molar-refractivity contribution in [2.24, 2.45) is 10.9 Å². The highest BCUT2D eigenvalue weighted by Crippen LogP contribution is 2.44. The van der Waals surface area contributed by atoms with E-state index in [1.54, 1.807) is 0 Å². The van der Waals surface area contributed by atoms with Crippen molar-refractivity contribution < 1.29 is 26.4 Å². The standard InChI is InChI=1S/C16H14ClF3N2O3S2/c17-11-4-3-9(5-10(11)16(18,19)20)22-12-6-27(24,25)7-13(12)26-15(22)21-14(23)8-1-2-8/h3-5,8,12-13H,1-2,6-7H2/t12-,13+/m0/s1. The zero-order valence-electron chi connectivity index (χ0n) is 13.7. The molecule has 0 aromatic heterocycles. The molecular formula is C16H14ClF3N2O3S2. The van der Waals surface area contributed by atoms with Gasteiger partial charge in [-0.05, 0) is 31.0 Å². The predicted octanol–water partition coefficient (Wildman–Crippen LogP) is 3.37. The molecule has 2 saturated heterocycles. The number of carbonyl (C=O) groups excluding carboxylic acids is 1. The van der Waals surface area contributed by atoms with Crippen molar-refractivity contribution in [3.63, 3.8) is 0 Å². The Kier molecular flexibility index (Phi) is 4.51. The summed E-state index contributed by atoms with van der Waals surface area (Å²) in [6, 6.07) is 2.84. The molecule has 1 saturated carbocycles. The van der Waals surface area contributed by atoms with Gasteiger partial charge in [-0.1, -0.05) is 23.4 Å². The minimum absolute atomic E-state index is 0.0881. The third-order valence-corrected chi connectivity index (χ3v) is 8.27. The summed E-state index contributed by atoms with van der Waals surface area (Å²) in [5.41, 5.74) is -0.880. The number of alkyl halides is 3. The highest BCUT2D eigenvalue weighted by molar-refractivity contribution is 8.16. The van der Waals surface area contributed by atoms with E-state index in [-0.39, 0.29) is 39.4 Å². The topological polar surface area (TPSA) is 66.8 Å². The maximum atomic E-state index is 13.2. The van der Waals surface area contributed by atoms with Gasteiger partial charge in [-0.2, -0.15) is 18.2 Å². The molecule has 0 unspecified atom stereocenters. The zero-order chi connectivity index (χ0) is 19.6. The number of rotatable bonds is 2. The van der Waals surface area contributed by atoms with Crippen LogP contribution in [0.1, 0.15) is 18.4 Å². The molecule has 0 radical (unpaired) electrons. The summed E-state index contributed by atoms with van der Waals surface area (Å²) in [7, 11) is -3.30. The molecule has 0 spiro atoms. The number of fused-ring (bicyclic) bond motifs is 1. The Balaban J connectivity index is 1.77. The van der Waals surface area contributed by atoms with Gasteiger partial charge in [0.25, 0.3) is 5.91 Å². The summed E-state index contributed by atoms with van der Waals surface area (Å²) in [5, 5.41) is -0.556. The number of amidine groups is 1. The van der Waals surface area contributed by atoms with Crippen LogP contribution >= 0.6 is 23.4 Å². The molecule has 27 heavy (non-hydrogen) atoms. The van der Waals surface area contributed by atoms with E-state index < -0.39 is 32.6 Å². The zero-order valence-corrected chi connectivity index (χ0v) is 16.1. The number of halogens is 4. The smallest absolute Gasteiger partial charge is 0.316 e.